The van der Waals surface area contributed by atoms with Crippen LogP contribution in [0, 0.1) is 0 Å². The van der Waals surface area contributed by atoms with Crippen molar-refractivity contribution in [3.05, 3.63) is 615 Å². The Morgan fingerprint density at radius 1 is 0.113 bits per heavy atom. The summed E-state index contributed by atoms with van der Waals surface area (Å²) in [6, 6.07) is 214. The summed E-state index contributed by atoms with van der Waals surface area (Å²) in [4.78, 5) is 9.97. The molecule has 0 amide bonds. The van der Waals surface area contributed by atoms with Crippen LogP contribution >= 0.6 is 0 Å². The molecule has 150 heavy (non-hydrogen) atoms. The van der Waals surface area contributed by atoms with Gasteiger partial charge in [-0.1, -0.05) is 437 Å². The molecule has 26 aromatic carbocycles. The number of benzene rings is 26. The molecule has 2 spiro atoms. The quantitative estimate of drug-likeness (QED) is 0.0843. The zero-order chi connectivity index (χ0) is 98.6. The molecule has 4 aliphatic carbocycles. The van der Waals surface area contributed by atoms with Crippen LogP contribution in [0.5, 0.6) is 0 Å². The number of hydrogen-bond donors (Lipinski definition) is 0. The molecule has 0 saturated carbocycles. The lowest BCUT2D eigenvalue weighted by molar-refractivity contribution is 0.809. The first-order valence-electron chi connectivity index (χ1n) is 52.1. The lowest BCUT2D eigenvalue weighted by Gasteiger charge is -2.34. The van der Waals surface area contributed by atoms with Crippen LogP contribution in [-0.4, -0.2) is 0 Å². The minimum Gasteiger partial charge on any atom is -0.310 e. The Bertz CT molecular complexity index is 9900. The average Bonchev–Trinajstić information content (AvgIpc) is 1.49. The van der Waals surface area contributed by atoms with Crippen LogP contribution in [0.4, 0.5) is 68.2 Å². The Kier molecular flexibility index (Phi) is 19.8. The van der Waals surface area contributed by atoms with Crippen LogP contribution in [0.1, 0.15) is 44.5 Å². The number of nitrogens with zero attached hydrogens (tertiary/aromatic N) is 4. The number of fused-ring (bicyclic) bond motifs is 34. The lowest BCUT2D eigenvalue weighted by Crippen LogP contribution is -2.27. The van der Waals surface area contributed by atoms with E-state index >= 15 is 0 Å². The maximum absolute atomic E-state index is 2.58. The molecule has 0 fully saturated rings. The Labute approximate surface area is 871 Å². The summed E-state index contributed by atoms with van der Waals surface area (Å²) in [5.41, 5.74) is 43.3. The average molecular weight is 1900 g/mol. The number of rotatable bonds is 17. The van der Waals surface area contributed by atoms with Crippen molar-refractivity contribution in [2.75, 3.05) is 19.6 Å². The first-order chi connectivity index (χ1) is 74.5. The maximum atomic E-state index is 2.58. The molecule has 698 valence electrons. The van der Waals surface area contributed by atoms with E-state index < -0.39 is 10.8 Å². The van der Waals surface area contributed by atoms with Crippen molar-refractivity contribution in [1.29, 1.82) is 0 Å². The van der Waals surface area contributed by atoms with Gasteiger partial charge in [-0.2, -0.15) is 0 Å². The highest BCUT2D eigenvalue weighted by atomic mass is 15.2. The molecule has 0 unspecified atom stereocenters. The Morgan fingerprint density at radius 2 is 0.373 bits per heavy atom. The van der Waals surface area contributed by atoms with Gasteiger partial charge < -0.3 is 19.6 Å². The first-order valence-corrected chi connectivity index (χ1v) is 52.1. The van der Waals surface area contributed by atoms with Crippen molar-refractivity contribution in [2.45, 2.75) is 10.8 Å². The van der Waals surface area contributed by atoms with E-state index in [4.69, 9.17) is 0 Å². The van der Waals surface area contributed by atoms with E-state index in [0.717, 1.165) is 124 Å². The minimum atomic E-state index is -0.748. The Hall–Kier alpha value is -19.5. The highest BCUT2D eigenvalue weighted by Crippen LogP contribution is 2.71. The number of hydrogen-bond acceptors (Lipinski definition) is 4. The lowest BCUT2D eigenvalue weighted by atomic mass is 9.68. The summed E-state index contributed by atoms with van der Waals surface area (Å²) in [5.74, 6) is 0. The molecule has 4 nitrogen and oxygen atoms in total. The van der Waals surface area contributed by atoms with Gasteiger partial charge in [-0.05, 0) is 321 Å². The third kappa shape index (κ3) is 13.0. The number of para-hydroxylation sites is 6. The SMILES string of the molecule is c1ccc(-c2cccc(N(c3ccccc3)c3cc4c(c5ccccc35)C3(c5ccccc5-c5ccccc53)c3c-4c4ccccc4c4cc(N(c5ccccc5)c5cccc(-c6cccc(-c7cccc(-c8ccccc8N(c8ccccc8)c8cc9c(c%10ccccc8%10)C8(c%10ccccc%10-c%10ccccc%108)c8c-9c9ccccc9c9cc(N(c%10ccccc%10)c%10ccccc%10-c%10ccccc%10)ccc89)c7)c6)c5)ccc34)c2)cc1. The second kappa shape index (κ2) is 34.6. The van der Waals surface area contributed by atoms with Gasteiger partial charge in [0.2, 0.25) is 0 Å². The third-order valence-corrected chi connectivity index (χ3v) is 32.5. The normalized spacial score (nSPS) is 12.8. The van der Waals surface area contributed by atoms with Crippen molar-refractivity contribution in [3.63, 3.8) is 0 Å². The summed E-state index contributed by atoms with van der Waals surface area (Å²) >= 11 is 0. The largest absolute Gasteiger partial charge is 0.310 e. The molecule has 0 bridgehead atoms. The fourth-order valence-corrected chi connectivity index (χ4v) is 26.5. The van der Waals surface area contributed by atoms with Gasteiger partial charge in [-0.15, -0.1) is 0 Å². The highest BCUT2D eigenvalue weighted by molar-refractivity contribution is 6.26. The third-order valence-electron chi connectivity index (χ3n) is 32.5. The zero-order valence-electron chi connectivity index (χ0n) is 82.1. The van der Waals surface area contributed by atoms with Gasteiger partial charge in [-0.25, -0.2) is 0 Å². The Balaban J connectivity index is 0.552. The first kappa shape index (κ1) is 86.0. The molecular weight excluding hydrogens is 1810 g/mol. The summed E-state index contributed by atoms with van der Waals surface area (Å²) in [6.07, 6.45) is 0. The monoisotopic (exact) mass is 1900 g/mol. The van der Waals surface area contributed by atoms with Crippen LogP contribution in [0.2, 0.25) is 0 Å². The molecule has 0 saturated heterocycles. The topological polar surface area (TPSA) is 13.0 Å². The molecule has 4 heteroatoms. The molecule has 0 atom stereocenters. The van der Waals surface area contributed by atoms with Crippen molar-refractivity contribution in [2.24, 2.45) is 0 Å². The van der Waals surface area contributed by atoms with Crippen molar-refractivity contribution in [3.8, 4) is 100 Å². The van der Waals surface area contributed by atoms with Crippen molar-refractivity contribution < 1.29 is 0 Å². The molecule has 26 aromatic rings. The molecule has 0 heterocycles. The predicted octanol–water partition coefficient (Wildman–Crippen LogP) is 39.5. The predicted molar refractivity (Wildman–Crippen MR) is 630 cm³/mol. The molecule has 0 aromatic heterocycles. The van der Waals surface area contributed by atoms with Crippen LogP contribution in [0.3, 0.4) is 0 Å². The minimum absolute atomic E-state index is 0.729. The van der Waals surface area contributed by atoms with Crippen LogP contribution in [0.15, 0.2) is 570 Å². The zero-order valence-corrected chi connectivity index (χ0v) is 82.1. The molecule has 0 N–H and O–H groups in total. The van der Waals surface area contributed by atoms with E-state index in [1.54, 1.807) is 0 Å². The fraction of sp³-hybridized carbons (Fsp3) is 0.0137. The van der Waals surface area contributed by atoms with Gasteiger partial charge in [0.25, 0.3) is 0 Å². The fourth-order valence-electron chi connectivity index (χ4n) is 26.5. The maximum Gasteiger partial charge on any atom is 0.0737 e. The smallest absolute Gasteiger partial charge is 0.0737 e. The molecule has 0 radical (unpaired) electrons. The van der Waals surface area contributed by atoms with E-state index in [-0.39, 0.29) is 0 Å². The summed E-state index contributed by atoms with van der Waals surface area (Å²) in [7, 11) is 0. The van der Waals surface area contributed by atoms with Gasteiger partial charge in [0, 0.05) is 67.4 Å². The molecular formula is C146H94N4. The van der Waals surface area contributed by atoms with Gasteiger partial charge in [0.05, 0.1) is 33.6 Å². The van der Waals surface area contributed by atoms with Crippen molar-refractivity contribution >= 4 is 133 Å². The van der Waals surface area contributed by atoms with E-state index in [1.807, 2.05) is 0 Å². The van der Waals surface area contributed by atoms with Gasteiger partial charge in [0.15, 0.2) is 0 Å². The van der Waals surface area contributed by atoms with Crippen LogP contribution in [0.25, 0.3) is 165 Å². The Morgan fingerprint density at radius 3 is 0.813 bits per heavy atom. The molecule has 30 rings (SSSR count). The highest BCUT2D eigenvalue weighted by Gasteiger charge is 2.57. The number of anilines is 12. The molecule has 4 aliphatic rings. The van der Waals surface area contributed by atoms with E-state index in [0.29, 0.717) is 0 Å². The summed E-state index contributed by atoms with van der Waals surface area (Å²) < 4.78 is 0. The summed E-state index contributed by atoms with van der Waals surface area (Å²) in [5, 5.41) is 14.4. The second-order valence-electron chi connectivity index (χ2n) is 40.2. The second-order valence-corrected chi connectivity index (χ2v) is 40.2. The standard InChI is InChI=1S/C146H94N4/c1-7-43-95(44-8-1)100-50-41-62-108(89-100)149(105-57-15-5-16-58-105)137-93-129-139-121-73-23-19-65-113(121)127-91-109(83-85-125(127)143(139)145(141(129)123-75-25-21-71-119(123)137)131-77-33-27-67-115(131)116-68-28-34-78-132(116)145)147(103-53-11-3-12-54-103)107-61-42-51-101(90-107)98-48-39-47-97(87-98)99-49-40-52-102(88-99)112-64-32-38-82-136(112)150(106-59-17-6-18-60-106)138-94-130-140-122-74-24-20-66-114(122)128-92-110(148(104-55-13-4-14-56-104)135-81-37-31-63-111(135)96-45-9-2-10-46-96)84-86-126(128)144(140)146(142(130)124-76-26-22-72-120(124)138)133-79-35-29-69-117(133)118-70-30-36-80-134(118)146/h1-94H. The van der Waals surface area contributed by atoms with Crippen molar-refractivity contribution in [1.82, 2.24) is 0 Å². The molecule has 0 aliphatic heterocycles. The van der Waals surface area contributed by atoms with E-state index in [9.17, 15) is 0 Å². The van der Waals surface area contributed by atoms with Gasteiger partial charge in [0.1, 0.15) is 0 Å². The van der Waals surface area contributed by atoms with Crippen LogP contribution in [-0.2, 0) is 10.8 Å². The van der Waals surface area contributed by atoms with Gasteiger partial charge in [-0.3, -0.25) is 0 Å². The van der Waals surface area contributed by atoms with Gasteiger partial charge >= 0.3 is 0 Å². The van der Waals surface area contributed by atoms with Crippen LogP contribution < -0.4 is 19.6 Å². The van der Waals surface area contributed by atoms with E-state index in [1.165, 1.54) is 154 Å². The van der Waals surface area contributed by atoms with E-state index in [2.05, 4.69) is 590 Å². The summed E-state index contributed by atoms with van der Waals surface area (Å²) in [6.45, 7) is 0.